The lowest BCUT2D eigenvalue weighted by molar-refractivity contribution is 0.0762. The van der Waals surface area contributed by atoms with Crippen LogP contribution >= 0.6 is 12.4 Å². The Morgan fingerprint density at radius 3 is 2.11 bits per heavy atom. The highest BCUT2D eigenvalue weighted by Gasteiger charge is 2.24. The fourth-order valence-corrected chi connectivity index (χ4v) is 3.38. The van der Waals surface area contributed by atoms with Gasteiger partial charge in [0.05, 0.1) is 5.75 Å². The molecule has 0 unspecified atom stereocenters. The Labute approximate surface area is 169 Å². The van der Waals surface area contributed by atoms with Crippen molar-refractivity contribution >= 4 is 28.2 Å². The average Bonchev–Trinajstić information content (AvgIpc) is 2.65. The van der Waals surface area contributed by atoms with Gasteiger partial charge in [0, 0.05) is 25.2 Å². The Kier molecular flexibility index (Phi) is 9.51. The summed E-state index contributed by atoms with van der Waals surface area (Å²) in [5, 5.41) is 0. The number of nitrogens with two attached hydrogens (primary N) is 1. The molecule has 2 aromatic carbocycles. The van der Waals surface area contributed by atoms with E-state index in [0.717, 1.165) is 5.56 Å². The SMILES string of the molecule is Cl.NCCN(CCc1ccccc1)C(=O)c1ccc(CS(=O)(=O)C(F)F)cc1. The number of carbonyl (C=O) groups excluding carboxylic acids is 1. The summed E-state index contributed by atoms with van der Waals surface area (Å²) in [5.41, 5.74) is 7.27. The molecule has 0 saturated heterocycles. The van der Waals surface area contributed by atoms with Crippen LogP contribution in [-0.2, 0) is 22.0 Å². The summed E-state index contributed by atoms with van der Waals surface area (Å²) >= 11 is 0. The molecule has 0 radical (unpaired) electrons. The monoisotopic (exact) mass is 432 g/mol. The van der Waals surface area contributed by atoms with Crippen LogP contribution in [0.5, 0.6) is 0 Å². The molecule has 0 bridgehead atoms. The minimum atomic E-state index is -4.49. The van der Waals surface area contributed by atoms with Gasteiger partial charge in [-0.1, -0.05) is 42.5 Å². The molecule has 28 heavy (non-hydrogen) atoms. The van der Waals surface area contributed by atoms with E-state index in [1.807, 2.05) is 30.3 Å². The van der Waals surface area contributed by atoms with Gasteiger partial charge in [0.2, 0.25) is 9.84 Å². The highest BCUT2D eigenvalue weighted by atomic mass is 35.5. The first-order valence-corrected chi connectivity index (χ1v) is 10.2. The molecule has 1 amide bonds. The largest absolute Gasteiger partial charge is 0.337 e. The summed E-state index contributed by atoms with van der Waals surface area (Å²) in [6.45, 7) is 1.18. The zero-order valence-corrected chi connectivity index (χ0v) is 16.8. The van der Waals surface area contributed by atoms with Crippen LogP contribution in [0.25, 0.3) is 0 Å². The number of benzene rings is 2. The molecular weight excluding hydrogens is 410 g/mol. The Morgan fingerprint density at radius 1 is 0.964 bits per heavy atom. The highest BCUT2D eigenvalue weighted by molar-refractivity contribution is 7.90. The molecule has 0 atom stereocenters. The number of nitrogens with zero attached hydrogens (tertiary/aromatic N) is 1. The first kappa shape index (κ1) is 24.0. The number of rotatable bonds is 9. The van der Waals surface area contributed by atoms with Crippen LogP contribution in [0, 0.1) is 0 Å². The molecule has 0 aromatic heterocycles. The number of carbonyl (C=O) groups is 1. The van der Waals surface area contributed by atoms with Crippen molar-refractivity contribution in [1.29, 1.82) is 0 Å². The summed E-state index contributed by atoms with van der Waals surface area (Å²) in [4.78, 5) is 14.3. The summed E-state index contributed by atoms with van der Waals surface area (Å²) < 4.78 is 47.5. The van der Waals surface area contributed by atoms with Crippen molar-refractivity contribution in [3.05, 3.63) is 71.3 Å². The van der Waals surface area contributed by atoms with Gasteiger partial charge in [-0.25, -0.2) is 8.42 Å². The molecule has 0 spiro atoms. The Balaban J connectivity index is 0.00000392. The Hall–Kier alpha value is -2.03. The van der Waals surface area contributed by atoms with Gasteiger partial charge < -0.3 is 10.6 Å². The van der Waals surface area contributed by atoms with E-state index in [2.05, 4.69) is 0 Å². The van der Waals surface area contributed by atoms with Crippen LogP contribution in [0.2, 0.25) is 0 Å². The lowest BCUT2D eigenvalue weighted by atomic mass is 10.1. The van der Waals surface area contributed by atoms with E-state index in [1.165, 1.54) is 24.3 Å². The van der Waals surface area contributed by atoms with Crippen molar-refractivity contribution in [2.45, 2.75) is 17.9 Å². The van der Waals surface area contributed by atoms with E-state index >= 15 is 0 Å². The third kappa shape index (κ3) is 6.85. The van der Waals surface area contributed by atoms with Gasteiger partial charge in [-0.3, -0.25) is 4.79 Å². The predicted molar refractivity (Wildman–Crippen MR) is 107 cm³/mol. The smallest absolute Gasteiger partial charge is 0.337 e. The highest BCUT2D eigenvalue weighted by Crippen LogP contribution is 2.15. The van der Waals surface area contributed by atoms with Crippen molar-refractivity contribution in [3.8, 4) is 0 Å². The quantitative estimate of drug-likeness (QED) is 0.660. The number of amides is 1. The van der Waals surface area contributed by atoms with Crippen molar-refractivity contribution < 1.29 is 22.0 Å². The van der Waals surface area contributed by atoms with Gasteiger partial charge in [0.15, 0.2) is 0 Å². The maximum absolute atomic E-state index is 12.7. The fourth-order valence-electron chi connectivity index (χ4n) is 2.60. The Morgan fingerprint density at radius 2 is 1.57 bits per heavy atom. The van der Waals surface area contributed by atoms with E-state index < -0.39 is 21.3 Å². The second-order valence-corrected chi connectivity index (χ2v) is 8.05. The molecule has 0 aliphatic rings. The third-order valence-electron chi connectivity index (χ3n) is 4.04. The standard InChI is InChI=1S/C19H22F2N2O3S.ClH/c20-19(21)27(25,26)14-16-6-8-17(9-7-16)18(24)23(13-11-22)12-10-15-4-2-1-3-5-15;/h1-9,19H,10-14,22H2;1H. The maximum Gasteiger partial charge on any atom is 0.337 e. The van der Waals surface area contributed by atoms with E-state index in [0.29, 0.717) is 31.6 Å². The molecule has 0 saturated carbocycles. The van der Waals surface area contributed by atoms with E-state index in [9.17, 15) is 22.0 Å². The van der Waals surface area contributed by atoms with Crippen LogP contribution in [0.15, 0.2) is 54.6 Å². The zero-order chi connectivity index (χ0) is 19.9. The van der Waals surface area contributed by atoms with Gasteiger partial charge in [-0.15, -0.1) is 12.4 Å². The molecule has 0 heterocycles. The lowest BCUT2D eigenvalue weighted by Crippen LogP contribution is -2.36. The number of hydrogen-bond donors (Lipinski definition) is 1. The first-order chi connectivity index (χ1) is 12.8. The molecule has 2 aromatic rings. The van der Waals surface area contributed by atoms with Crippen molar-refractivity contribution in [2.24, 2.45) is 5.73 Å². The van der Waals surface area contributed by atoms with Crippen LogP contribution in [0.3, 0.4) is 0 Å². The first-order valence-electron chi connectivity index (χ1n) is 8.45. The van der Waals surface area contributed by atoms with Crippen molar-refractivity contribution in [2.75, 3.05) is 19.6 Å². The van der Waals surface area contributed by atoms with E-state index in [-0.39, 0.29) is 23.9 Å². The molecule has 0 aliphatic carbocycles. The zero-order valence-electron chi connectivity index (χ0n) is 15.1. The molecule has 2 rings (SSSR count). The number of halogens is 3. The van der Waals surface area contributed by atoms with Crippen molar-refractivity contribution in [1.82, 2.24) is 4.90 Å². The van der Waals surface area contributed by atoms with Gasteiger partial charge in [0.25, 0.3) is 5.91 Å². The van der Waals surface area contributed by atoms with E-state index in [4.69, 9.17) is 5.73 Å². The molecule has 0 fully saturated rings. The van der Waals surface area contributed by atoms with Crippen LogP contribution in [0.1, 0.15) is 21.5 Å². The summed E-state index contributed by atoms with van der Waals surface area (Å²) in [6, 6.07) is 15.4. The maximum atomic E-state index is 12.7. The topological polar surface area (TPSA) is 80.5 Å². The fraction of sp³-hybridized carbons (Fsp3) is 0.316. The normalized spacial score (nSPS) is 11.1. The van der Waals surface area contributed by atoms with Crippen LogP contribution in [0.4, 0.5) is 8.78 Å². The second kappa shape index (κ2) is 11.1. The Bertz CT molecular complexity index is 847. The average molecular weight is 433 g/mol. The summed E-state index contributed by atoms with van der Waals surface area (Å²) in [5.74, 6) is -4.42. The second-order valence-electron chi connectivity index (χ2n) is 6.08. The van der Waals surface area contributed by atoms with E-state index in [1.54, 1.807) is 4.90 Å². The summed E-state index contributed by atoms with van der Waals surface area (Å²) in [6.07, 6.45) is 0.678. The van der Waals surface area contributed by atoms with Gasteiger partial charge >= 0.3 is 5.76 Å². The number of alkyl halides is 2. The minimum Gasteiger partial charge on any atom is -0.337 e. The van der Waals surface area contributed by atoms with Crippen LogP contribution < -0.4 is 5.73 Å². The number of hydrogen-bond acceptors (Lipinski definition) is 4. The molecule has 5 nitrogen and oxygen atoms in total. The lowest BCUT2D eigenvalue weighted by Gasteiger charge is -2.22. The summed E-state index contributed by atoms with van der Waals surface area (Å²) in [7, 11) is -4.49. The van der Waals surface area contributed by atoms with Gasteiger partial charge in [-0.05, 0) is 29.7 Å². The molecule has 2 N–H and O–H groups in total. The van der Waals surface area contributed by atoms with Crippen molar-refractivity contribution in [3.63, 3.8) is 0 Å². The third-order valence-corrected chi connectivity index (χ3v) is 5.32. The van der Waals surface area contributed by atoms with Crippen LogP contribution in [-0.4, -0.2) is 44.6 Å². The minimum absolute atomic E-state index is 0. The van der Waals surface area contributed by atoms with Gasteiger partial charge in [-0.2, -0.15) is 8.78 Å². The molecule has 0 aliphatic heterocycles. The molecule has 9 heteroatoms. The predicted octanol–water partition coefficient (Wildman–Crippen LogP) is 2.89. The number of sulfone groups is 1. The van der Waals surface area contributed by atoms with Gasteiger partial charge in [0.1, 0.15) is 0 Å². The molecule has 154 valence electrons. The molecular formula is C19H23ClF2N2O3S.